The Kier molecular flexibility index (Phi) is 4.53. The third-order valence-electron chi connectivity index (χ3n) is 2.21. The van der Waals surface area contributed by atoms with Crippen LogP contribution in [-0.2, 0) is 4.57 Å². The SMILES string of the molecule is O=P(O)(c1ccccc1)c1ccccc1.[AlH3]. The molecule has 0 bridgehead atoms. The van der Waals surface area contributed by atoms with Gasteiger partial charge in [-0.05, 0) is 24.3 Å². The van der Waals surface area contributed by atoms with Crippen LogP contribution in [0.1, 0.15) is 0 Å². The van der Waals surface area contributed by atoms with Gasteiger partial charge in [-0.2, -0.15) is 0 Å². The van der Waals surface area contributed by atoms with E-state index in [2.05, 4.69) is 0 Å². The second-order valence-electron chi connectivity index (χ2n) is 3.25. The Balaban J connectivity index is 0.00000128. The van der Waals surface area contributed by atoms with Gasteiger partial charge in [-0.25, -0.2) is 0 Å². The van der Waals surface area contributed by atoms with Crippen LogP contribution >= 0.6 is 7.37 Å². The van der Waals surface area contributed by atoms with Crippen LogP contribution in [0.15, 0.2) is 60.7 Å². The Morgan fingerprint density at radius 2 is 1.06 bits per heavy atom. The minimum absolute atomic E-state index is 0. The molecule has 1 N–H and O–H groups in total. The molecule has 0 heterocycles. The summed E-state index contributed by atoms with van der Waals surface area (Å²) < 4.78 is 12.2. The number of hydrogen-bond acceptors (Lipinski definition) is 1. The average Bonchev–Trinajstić information content (AvgIpc) is 2.31. The van der Waals surface area contributed by atoms with Crippen molar-refractivity contribution in [1.82, 2.24) is 0 Å². The zero-order valence-electron chi connectivity index (χ0n) is 8.08. The molecule has 0 atom stereocenters. The van der Waals surface area contributed by atoms with Gasteiger partial charge < -0.3 is 4.89 Å². The molecule has 2 nitrogen and oxygen atoms in total. The maximum atomic E-state index is 12.2. The largest absolute Gasteiger partial charge is 0.338 e. The Morgan fingerprint density at radius 3 is 1.38 bits per heavy atom. The van der Waals surface area contributed by atoms with E-state index in [1.54, 1.807) is 48.5 Å². The monoisotopic (exact) mass is 248 g/mol. The first kappa shape index (κ1) is 13.2. The summed E-state index contributed by atoms with van der Waals surface area (Å²) >= 11 is 0. The van der Waals surface area contributed by atoms with E-state index in [1.807, 2.05) is 12.1 Å². The van der Waals surface area contributed by atoms with Crippen molar-refractivity contribution in [2.45, 2.75) is 0 Å². The molecule has 0 aliphatic carbocycles. The molecule has 0 spiro atoms. The van der Waals surface area contributed by atoms with Crippen molar-refractivity contribution in [3.05, 3.63) is 60.7 Å². The van der Waals surface area contributed by atoms with Gasteiger partial charge in [0.15, 0.2) is 17.4 Å². The summed E-state index contributed by atoms with van der Waals surface area (Å²) in [4.78, 5) is 10.0. The third kappa shape index (κ3) is 2.64. The molecule has 2 aromatic rings. The summed E-state index contributed by atoms with van der Waals surface area (Å²) in [7, 11) is -3.40. The quantitative estimate of drug-likeness (QED) is 0.628. The van der Waals surface area contributed by atoms with E-state index in [0.29, 0.717) is 10.6 Å². The van der Waals surface area contributed by atoms with Crippen molar-refractivity contribution in [3.63, 3.8) is 0 Å². The minimum Gasteiger partial charge on any atom is -0.338 e. The summed E-state index contributed by atoms with van der Waals surface area (Å²) in [5.74, 6) is 0. The van der Waals surface area contributed by atoms with Gasteiger partial charge in [-0.1, -0.05) is 36.4 Å². The first-order chi connectivity index (χ1) is 7.21. The molecule has 0 radical (unpaired) electrons. The zero-order chi connectivity index (χ0) is 10.7. The van der Waals surface area contributed by atoms with Gasteiger partial charge in [0, 0.05) is 10.6 Å². The standard InChI is InChI=1S/C12H11O2P.Al.3H/c13-15(14,11-7-3-1-4-8-11)12-9-5-2-6-10-12;;;;/h1-10H,(H,13,14);;;;. The van der Waals surface area contributed by atoms with Gasteiger partial charge in [0.1, 0.15) is 0 Å². The molecular formula is C12H14AlO2P. The van der Waals surface area contributed by atoms with E-state index in [-0.39, 0.29) is 17.4 Å². The second kappa shape index (κ2) is 5.48. The molecule has 0 fully saturated rings. The van der Waals surface area contributed by atoms with Crippen LogP contribution in [0.4, 0.5) is 0 Å². The van der Waals surface area contributed by atoms with Crippen molar-refractivity contribution >= 4 is 35.3 Å². The lowest BCUT2D eigenvalue weighted by molar-refractivity contribution is 0.501. The Hall–Kier alpha value is -0.838. The molecule has 0 saturated carbocycles. The second-order valence-corrected chi connectivity index (χ2v) is 5.43. The average molecular weight is 248 g/mol. The van der Waals surface area contributed by atoms with Gasteiger partial charge >= 0.3 is 0 Å². The topological polar surface area (TPSA) is 37.3 Å². The Labute approximate surface area is 106 Å². The fraction of sp³-hybridized carbons (Fsp3) is 0. The van der Waals surface area contributed by atoms with Gasteiger partial charge in [0.2, 0.25) is 0 Å². The van der Waals surface area contributed by atoms with Crippen LogP contribution in [0.3, 0.4) is 0 Å². The van der Waals surface area contributed by atoms with Crippen LogP contribution in [0, 0.1) is 0 Å². The fourth-order valence-corrected chi connectivity index (χ4v) is 2.86. The Bertz CT molecular complexity index is 441. The van der Waals surface area contributed by atoms with Gasteiger partial charge in [0.25, 0.3) is 7.37 Å². The first-order valence-corrected chi connectivity index (χ1v) is 6.31. The molecule has 2 aromatic carbocycles. The highest BCUT2D eigenvalue weighted by atomic mass is 31.2. The molecule has 2 rings (SSSR count). The maximum absolute atomic E-state index is 12.2. The number of rotatable bonds is 2. The van der Waals surface area contributed by atoms with Gasteiger partial charge in [-0.3, -0.25) is 4.57 Å². The van der Waals surface area contributed by atoms with Crippen molar-refractivity contribution in [3.8, 4) is 0 Å². The lowest BCUT2D eigenvalue weighted by Gasteiger charge is -2.11. The van der Waals surface area contributed by atoms with Crippen LogP contribution in [0.5, 0.6) is 0 Å². The minimum atomic E-state index is -3.40. The summed E-state index contributed by atoms with van der Waals surface area (Å²) in [6.07, 6.45) is 0. The molecule has 0 aliphatic rings. The van der Waals surface area contributed by atoms with Crippen molar-refractivity contribution in [2.75, 3.05) is 0 Å². The highest BCUT2D eigenvalue weighted by molar-refractivity contribution is 7.73. The maximum Gasteiger partial charge on any atom is 0.258 e. The molecule has 82 valence electrons. The predicted octanol–water partition coefficient (Wildman–Crippen LogP) is 0.724. The highest BCUT2D eigenvalue weighted by Gasteiger charge is 2.22. The number of hydrogen-bond donors (Lipinski definition) is 1. The smallest absolute Gasteiger partial charge is 0.258 e. The van der Waals surface area contributed by atoms with E-state index in [1.165, 1.54) is 0 Å². The van der Waals surface area contributed by atoms with Crippen molar-refractivity contribution in [1.29, 1.82) is 0 Å². The summed E-state index contributed by atoms with van der Waals surface area (Å²) in [6.45, 7) is 0. The highest BCUT2D eigenvalue weighted by Crippen LogP contribution is 2.37. The lowest BCUT2D eigenvalue weighted by Crippen LogP contribution is -2.14. The van der Waals surface area contributed by atoms with Gasteiger partial charge in [-0.15, -0.1) is 0 Å². The molecule has 0 saturated heterocycles. The Morgan fingerprint density at radius 1 is 0.750 bits per heavy atom. The van der Waals surface area contributed by atoms with Crippen LogP contribution < -0.4 is 10.6 Å². The third-order valence-corrected chi connectivity index (χ3v) is 4.21. The van der Waals surface area contributed by atoms with Crippen molar-refractivity contribution < 1.29 is 9.46 Å². The molecule has 0 amide bonds. The normalized spacial score (nSPS) is 10.6. The molecular weight excluding hydrogens is 234 g/mol. The van der Waals surface area contributed by atoms with Crippen molar-refractivity contribution in [2.24, 2.45) is 0 Å². The summed E-state index contributed by atoms with van der Waals surface area (Å²) in [6, 6.07) is 17.4. The van der Waals surface area contributed by atoms with E-state index in [0.717, 1.165) is 0 Å². The first-order valence-electron chi connectivity index (χ1n) is 4.65. The van der Waals surface area contributed by atoms with Crippen LogP contribution in [0.2, 0.25) is 0 Å². The molecule has 16 heavy (non-hydrogen) atoms. The fourth-order valence-electron chi connectivity index (χ4n) is 1.41. The predicted molar refractivity (Wildman–Crippen MR) is 71.9 cm³/mol. The van der Waals surface area contributed by atoms with Crippen LogP contribution in [0.25, 0.3) is 0 Å². The molecule has 4 heteroatoms. The lowest BCUT2D eigenvalue weighted by atomic mass is 10.4. The molecule has 0 unspecified atom stereocenters. The summed E-state index contributed by atoms with van der Waals surface area (Å²) in [5, 5.41) is 0.937. The van der Waals surface area contributed by atoms with E-state index in [9.17, 15) is 9.46 Å². The van der Waals surface area contributed by atoms with Crippen LogP contribution in [-0.4, -0.2) is 22.3 Å². The molecule has 0 aromatic heterocycles. The molecule has 0 aliphatic heterocycles. The van der Waals surface area contributed by atoms with Gasteiger partial charge in [0.05, 0.1) is 0 Å². The van der Waals surface area contributed by atoms with E-state index >= 15 is 0 Å². The van der Waals surface area contributed by atoms with E-state index in [4.69, 9.17) is 0 Å². The number of benzene rings is 2. The van der Waals surface area contributed by atoms with E-state index < -0.39 is 7.37 Å². The zero-order valence-corrected chi connectivity index (χ0v) is 8.97. The summed E-state index contributed by atoms with van der Waals surface area (Å²) in [5.41, 5.74) is 0.